The molecule has 1 rings (SSSR count). The van der Waals surface area contributed by atoms with E-state index in [1.165, 1.54) is 12.5 Å². The van der Waals surface area contributed by atoms with Gasteiger partial charge in [0.2, 0.25) is 11.8 Å². The summed E-state index contributed by atoms with van der Waals surface area (Å²) in [6.07, 6.45) is 1.85. The molecule has 0 heterocycles. The van der Waals surface area contributed by atoms with Crippen molar-refractivity contribution in [3.63, 3.8) is 0 Å². The van der Waals surface area contributed by atoms with Crippen LogP contribution in [0.2, 0.25) is 0 Å². The summed E-state index contributed by atoms with van der Waals surface area (Å²) in [4.78, 5) is 24.7. The minimum Gasteiger partial charge on any atom is -0.355 e. The normalized spacial score (nSPS) is 10.4. The SMILES string of the molecule is CC(=O)N(CC(=O)NCCCc1ccccc1)C(C)C. The fourth-order valence-corrected chi connectivity index (χ4v) is 2.03. The van der Waals surface area contributed by atoms with Crippen LogP contribution in [0.15, 0.2) is 30.3 Å². The van der Waals surface area contributed by atoms with Crippen molar-refractivity contribution in [3.05, 3.63) is 35.9 Å². The first kappa shape index (κ1) is 16.2. The molecule has 0 aliphatic heterocycles. The zero-order valence-electron chi connectivity index (χ0n) is 12.6. The van der Waals surface area contributed by atoms with Crippen LogP contribution in [0, 0.1) is 0 Å². The third-order valence-corrected chi connectivity index (χ3v) is 3.15. The van der Waals surface area contributed by atoms with Gasteiger partial charge in [-0.05, 0) is 32.3 Å². The van der Waals surface area contributed by atoms with Crippen LogP contribution < -0.4 is 5.32 Å². The number of nitrogens with zero attached hydrogens (tertiary/aromatic N) is 1. The number of carbonyl (C=O) groups is 2. The Labute approximate surface area is 121 Å². The molecule has 20 heavy (non-hydrogen) atoms. The monoisotopic (exact) mass is 276 g/mol. The van der Waals surface area contributed by atoms with Crippen LogP contribution in [0.1, 0.15) is 32.8 Å². The van der Waals surface area contributed by atoms with Gasteiger partial charge in [0.05, 0.1) is 6.54 Å². The summed E-state index contributed by atoms with van der Waals surface area (Å²) < 4.78 is 0. The van der Waals surface area contributed by atoms with Gasteiger partial charge < -0.3 is 10.2 Å². The van der Waals surface area contributed by atoms with Gasteiger partial charge in [0.25, 0.3) is 0 Å². The molecule has 0 spiro atoms. The van der Waals surface area contributed by atoms with Gasteiger partial charge in [-0.2, -0.15) is 0 Å². The average Bonchev–Trinajstić information content (AvgIpc) is 2.41. The molecule has 0 aliphatic carbocycles. The maximum Gasteiger partial charge on any atom is 0.239 e. The summed E-state index contributed by atoms with van der Waals surface area (Å²) in [5.41, 5.74) is 1.27. The van der Waals surface area contributed by atoms with Crippen molar-refractivity contribution >= 4 is 11.8 Å². The highest BCUT2D eigenvalue weighted by molar-refractivity contribution is 5.83. The Morgan fingerprint density at radius 1 is 1.20 bits per heavy atom. The van der Waals surface area contributed by atoms with Gasteiger partial charge in [-0.3, -0.25) is 9.59 Å². The van der Waals surface area contributed by atoms with Crippen molar-refractivity contribution < 1.29 is 9.59 Å². The van der Waals surface area contributed by atoms with E-state index in [2.05, 4.69) is 17.4 Å². The number of hydrogen-bond acceptors (Lipinski definition) is 2. The molecule has 2 amide bonds. The second-order valence-electron chi connectivity index (χ2n) is 5.18. The molecule has 0 aromatic heterocycles. The van der Waals surface area contributed by atoms with Crippen molar-refractivity contribution in [3.8, 4) is 0 Å². The van der Waals surface area contributed by atoms with E-state index in [9.17, 15) is 9.59 Å². The molecule has 0 bridgehead atoms. The Morgan fingerprint density at radius 2 is 1.85 bits per heavy atom. The molecule has 0 unspecified atom stereocenters. The first-order chi connectivity index (χ1) is 9.50. The lowest BCUT2D eigenvalue weighted by Gasteiger charge is -2.24. The van der Waals surface area contributed by atoms with E-state index in [-0.39, 0.29) is 24.4 Å². The maximum absolute atomic E-state index is 11.8. The molecular weight excluding hydrogens is 252 g/mol. The van der Waals surface area contributed by atoms with Gasteiger partial charge in [-0.15, -0.1) is 0 Å². The molecular formula is C16H24N2O2. The lowest BCUT2D eigenvalue weighted by molar-refractivity contribution is -0.135. The lowest BCUT2D eigenvalue weighted by atomic mass is 10.1. The van der Waals surface area contributed by atoms with Crippen LogP contribution in [0.3, 0.4) is 0 Å². The fraction of sp³-hybridized carbons (Fsp3) is 0.500. The van der Waals surface area contributed by atoms with Crippen LogP contribution in [-0.2, 0) is 16.0 Å². The standard InChI is InChI=1S/C16H24N2O2/c1-13(2)18(14(3)19)12-16(20)17-11-7-10-15-8-5-4-6-9-15/h4-6,8-9,13H,7,10-12H2,1-3H3,(H,17,20). The van der Waals surface area contributed by atoms with Gasteiger partial charge in [0.15, 0.2) is 0 Å². The fourth-order valence-electron chi connectivity index (χ4n) is 2.03. The highest BCUT2D eigenvalue weighted by Gasteiger charge is 2.15. The zero-order chi connectivity index (χ0) is 15.0. The highest BCUT2D eigenvalue weighted by atomic mass is 16.2. The van der Waals surface area contributed by atoms with E-state index >= 15 is 0 Å². The van der Waals surface area contributed by atoms with E-state index in [0.717, 1.165) is 12.8 Å². The maximum atomic E-state index is 11.8. The predicted molar refractivity (Wildman–Crippen MR) is 80.3 cm³/mol. The summed E-state index contributed by atoms with van der Waals surface area (Å²) in [6.45, 7) is 6.08. The van der Waals surface area contributed by atoms with Crippen molar-refractivity contribution in [2.75, 3.05) is 13.1 Å². The number of aryl methyl sites for hydroxylation is 1. The topological polar surface area (TPSA) is 49.4 Å². The van der Waals surface area contributed by atoms with E-state index in [1.807, 2.05) is 32.0 Å². The highest BCUT2D eigenvalue weighted by Crippen LogP contribution is 2.02. The lowest BCUT2D eigenvalue weighted by Crippen LogP contribution is -2.43. The molecule has 4 nitrogen and oxygen atoms in total. The number of hydrogen-bond donors (Lipinski definition) is 1. The molecule has 0 aliphatic rings. The van der Waals surface area contributed by atoms with E-state index in [4.69, 9.17) is 0 Å². The molecule has 0 atom stereocenters. The largest absolute Gasteiger partial charge is 0.355 e. The van der Waals surface area contributed by atoms with Gasteiger partial charge in [0, 0.05) is 19.5 Å². The Balaban J connectivity index is 2.24. The van der Waals surface area contributed by atoms with Crippen LogP contribution in [0.4, 0.5) is 0 Å². The predicted octanol–water partition coefficient (Wildman–Crippen LogP) is 1.99. The minimum atomic E-state index is -0.0954. The molecule has 1 N–H and O–H groups in total. The number of rotatable bonds is 7. The Kier molecular flexibility index (Phi) is 6.77. The smallest absolute Gasteiger partial charge is 0.239 e. The van der Waals surface area contributed by atoms with E-state index < -0.39 is 0 Å². The van der Waals surface area contributed by atoms with Gasteiger partial charge in [-0.1, -0.05) is 30.3 Å². The first-order valence-electron chi connectivity index (χ1n) is 7.08. The van der Waals surface area contributed by atoms with Crippen molar-refractivity contribution in [1.82, 2.24) is 10.2 Å². The molecule has 0 radical (unpaired) electrons. The molecule has 1 aromatic rings. The molecule has 0 saturated heterocycles. The summed E-state index contributed by atoms with van der Waals surface area (Å²) in [6, 6.07) is 10.2. The summed E-state index contributed by atoms with van der Waals surface area (Å²) in [5.74, 6) is -0.165. The number of amides is 2. The summed E-state index contributed by atoms with van der Waals surface area (Å²) >= 11 is 0. The Hall–Kier alpha value is -1.84. The first-order valence-corrected chi connectivity index (χ1v) is 7.08. The van der Waals surface area contributed by atoms with Crippen LogP contribution >= 0.6 is 0 Å². The molecule has 0 fully saturated rings. The van der Waals surface area contributed by atoms with Crippen molar-refractivity contribution in [2.24, 2.45) is 0 Å². The van der Waals surface area contributed by atoms with E-state index in [0.29, 0.717) is 6.54 Å². The second-order valence-corrected chi connectivity index (χ2v) is 5.18. The zero-order valence-corrected chi connectivity index (χ0v) is 12.6. The van der Waals surface area contributed by atoms with Gasteiger partial charge >= 0.3 is 0 Å². The number of nitrogens with one attached hydrogen (secondary N) is 1. The average molecular weight is 276 g/mol. The summed E-state index contributed by atoms with van der Waals surface area (Å²) in [5, 5.41) is 2.86. The third kappa shape index (κ3) is 5.87. The second kappa shape index (κ2) is 8.35. The minimum absolute atomic E-state index is 0.0440. The molecule has 1 aromatic carbocycles. The van der Waals surface area contributed by atoms with Gasteiger partial charge in [0.1, 0.15) is 0 Å². The molecule has 4 heteroatoms. The Bertz CT molecular complexity index is 429. The quantitative estimate of drug-likeness (QED) is 0.774. The Morgan fingerprint density at radius 3 is 2.40 bits per heavy atom. The van der Waals surface area contributed by atoms with E-state index in [1.54, 1.807) is 4.90 Å². The van der Waals surface area contributed by atoms with Crippen LogP contribution in [0.25, 0.3) is 0 Å². The molecule has 0 saturated carbocycles. The molecule has 110 valence electrons. The van der Waals surface area contributed by atoms with Crippen molar-refractivity contribution in [2.45, 2.75) is 39.7 Å². The third-order valence-electron chi connectivity index (χ3n) is 3.15. The van der Waals surface area contributed by atoms with Crippen molar-refractivity contribution in [1.29, 1.82) is 0 Å². The van der Waals surface area contributed by atoms with Crippen LogP contribution in [-0.4, -0.2) is 35.8 Å². The number of benzene rings is 1. The number of carbonyl (C=O) groups excluding carboxylic acids is 2. The van der Waals surface area contributed by atoms with Crippen LogP contribution in [0.5, 0.6) is 0 Å². The summed E-state index contributed by atoms with van der Waals surface area (Å²) in [7, 11) is 0. The van der Waals surface area contributed by atoms with Gasteiger partial charge in [-0.25, -0.2) is 0 Å².